The van der Waals surface area contributed by atoms with Gasteiger partial charge in [0.15, 0.2) is 0 Å². The first-order valence-electron chi connectivity index (χ1n) is 5.80. The van der Waals surface area contributed by atoms with Crippen LogP contribution in [0, 0.1) is 11.7 Å². The van der Waals surface area contributed by atoms with Crippen molar-refractivity contribution in [1.29, 1.82) is 0 Å². The first-order chi connectivity index (χ1) is 8.06. The third-order valence-corrected chi connectivity index (χ3v) is 3.58. The van der Waals surface area contributed by atoms with E-state index < -0.39 is 6.10 Å². The highest BCUT2D eigenvalue weighted by atomic mass is 35.5. The Bertz CT molecular complexity index is 397. The molecule has 1 saturated heterocycles. The smallest absolute Gasteiger partial charge is 0.123 e. The van der Waals surface area contributed by atoms with Crippen molar-refractivity contribution in [1.82, 2.24) is 0 Å². The monoisotopic (exact) mass is 258 g/mol. The number of halogens is 2. The number of aliphatic hydroxyl groups is 1. The summed E-state index contributed by atoms with van der Waals surface area (Å²) in [5.41, 5.74) is 0.652. The number of hydrogen-bond acceptors (Lipinski definition) is 2. The first-order valence-corrected chi connectivity index (χ1v) is 6.17. The molecular formula is C13H16ClFO2. The quantitative estimate of drug-likeness (QED) is 0.903. The highest BCUT2D eigenvalue weighted by Crippen LogP contribution is 2.26. The van der Waals surface area contributed by atoms with Crippen LogP contribution >= 0.6 is 11.6 Å². The van der Waals surface area contributed by atoms with Crippen LogP contribution in [0.2, 0.25) is 5.02 Å². The predicted molar refractivity (Wildman–Crippen MR) is 64.6 cm³/mol. The summed E-state index contributed by atoms with van der Waals surface area (Å²) >= 11 is 5.97. The zero-order chi connectivity index (χ0) is 12.4. The molecule has 0 bridgehead atoms. The molecule has 94 valence electrons. The molecule has 1 aliphatic rings. The minimum atomic E-state index is -0.528. The molecule has 1 N–H and O–H groups in total. The number of aliphatic hydroxyl groups excluding tert-OH is 1. The third-order valence-electron chi connectivity index (χ3n) is 3.21. The SMILES string of the molecule is CC1CC(C(O)Cc2cc(F)ccc2Cl)CO1. The Balaban J connectivity index is 2.02. The molecule has 0 saturated carbocycles. The first kappa shape index (κ1) is 12.8. The number of rotatable bonds is 3. The maximum Gasteiger partial charge on any atom is 0.123 e. The van der Waals surface area contributed by atoms with Crippen molar-refractivity contribution in [3.05, 3.63) is 34.6 Å². The van der Waals surface area contributed by atoms with E-state index in [0.717, 1.165) is 6.42 Å². The summed E-state index contributed by atoms with van der Waals surface area (Å²) in [6.45, 7) is 2.55. The lowest BCUT2D eigenvalue weighted by atomic mass is 9.94. The Hall–Kier alpha value is -0.640. The Labute approximate surface area is 105 Å². The molecule has 1 aliphatic heterocycles. The van der Waals surface area contributed by atoms with E-state index in [-0.39, 0.29) is 17.8 Å². The molecule has 1 heterocycles. The molecule has 1 aromatic carbocycles. The molecule has 17 heavy (non-hydrogen) atoms. The highest BCUT2D eigenvalue weighted by molar-refractivity contribution is 6.31. The van der Waals surface area contributed by atoms with Crippen LogP contribution in [0.5, 0.6) is 0 Å². The van der Waals surface area contributed by atoms with Gasteiger partial charge in [0.25, 0.3) is 0 Å². The third kappa shape index (κ3) is 3.18. The number of ether oxygens (including phenoxy) is 1. The van der Waals surface area contributed by atoms with Gasteiger partial charge in [0.05, 0.1) is 18.8 Å². The normalized spacial score (nSPS) is 26.1. The molecule has 4 heteroatoms. The topological polar surface area (TPSA) is 29.5 Å². The van der Waals surface area contributed by atoms with Crippen LogP contribution in [0.25, 0.3) is 0 Å². The van der Waals surface area contributed by atoms with Gasteiger partial charge in [0, 0.05) is 17.4 Å². The van der Waals surface area contributed by atoms with Gasteiger partial charge in [-0.05, 0) is 37.1 Å². The number of benzene rings is 1. The van der Waals surface area contributed by atoms with Crippen LogP contribution < -0.4 is 0 Å². The second-order valence-electron chi connectivity index (χ2n) is 4.65. The van der Waals surface area contributed by atoms with E-state index in [1.165, 1.54) is 18.2 Å². The maximum atomic E-state index is 13.1. The molecule has 0 aromatic heterocycles. The van der Waals surface area contributed by atoms with Crippen molar-refractivity contribution < 1.29 is 14.2 Å². The molecule has 0 amide bonds. The summed E-state index contributed by atoms with van der Waals surface area (Å²) < 4.78 is 18.5. The van der Waals surface area contributed by atoms with Gasteiger partial charge in [-0.25, -0.2) is 4.39 Å². The molecule has 0 spiro atoms. The van der Waals surface area contributed by atoms with Crippen LogP contribution in [-0.2, 0) is 11.2 Å². The maximum absolute atomic E-state index is 13.1. The zero-order valence-corrected chi connectivity index (χ0v) is 10.5. The fourth-order valence-corrected chi connectivity index (χ4v) is 2.40. The second kappa shape index (κ2) is 5.34. The minimum Gasteiger partial charge on any atom is -0.392 e. The van der Waals surface area contributed by atoms with Crippen molar-refractivity contribution in [3.63, 3.8) is 0 Å². The number of hydrogen-bond donors (Lipinski definition) is 1. The lowest BCUT2D eigenvalue weighted by Crippen LogP contribution is -2.23. The molecule has 1 aromatic rings. The van der Waals surface area contributed by atoms with Gasteiger partial charge < -0.3 is 9.84 Å². The van der Waals surface area contributed by atoms with Gasteiger partial charge in [-0.2, -0.15) is 0 Å². The molecule has 2 rings (SSSR count). The molecule has 3 atom stereocenters. The molecule has 2 nitrogen and oxygen atoms in total. The average molecular weight is 259 g/mol. The van der Waals surface area contributed by atoms with Crippen LogP contribution in [0.3, 0.4) is 0 Å². The standard InChI is InChI=1S/C13H16ClFO2/c1-8-4-10(7-17-8)13(16)6-9-5-11(15)2-3-12(9)14/h2-3,5,8,10,13,16H,4,6-7H2,1H3. The Morgan fingerprint density at radius 1 is 1.59 bits per heavy atom. The van der Waals surface area contributed by atoms with Crippen LogP contribution in [-0.4, -0.2) is 23.9 Å². The fourth-order valence-electron chi connectivity index (χ4n) is 2.21. The molecule has 0 aliphatic carbocycles. The van der Waals surface area contributed by atoms with E-state index in [1.807, 2.05) is 6.92 Å². The predicted octanol–water partition coefficient (Wildman–Crippen LogP) is 2.81. The van der Waals surface area contributed by atoms with Gasteiger partial charge >= 0.3 is 0 Å². The Morgan fingerprint density at radius 2 is 2.35 bits per heavy atom. The van der Waals surface area contributed by atoms with E-state index in [9.17, 15) is 9.50 Å². The Morgan fingerprint density at radius 3 is 3.00 bits per heavy atom. The van der Waals surface area contributed by atoms with Gasteiger partial charge in [-0.3, -0.25) is 0 Å². The van der Waals surface area contributed by atoms with E-state index in [2.05, 4.69) is 0 Å². The largest absolute Gasteiger partial charge is 0.392 e. The highest BCUT2D eigenvalue weighted by Gasteiger charge is 2.28. The summed E-state index contributed by atoms with van der Waals surface area (Å²) in [5.74, 6) is -0.211. The van der Waals surface area contributed by atoms with E-state index >= 15 is 0 Å². The summed E-state index contributed by atoms with van der Waals surface area (Å²) in [7, 11) is 0. The van der Waals surface area contributed by atoms with Crippen LogP contribution in [0.4, 0.5) is 4.39 Å². The minimum absolute atomic E-state index is 0.115. The van der Waals surface area contributed by atoms with Crippen molar-refractivity contribution in [2.45, 2.75) is 32.0 Å². The van der Waals surface area contributed by atoms with Gasteiger partial charge in [0.1, 0.15) is 5.82 Å². The lowest BCUT2D eigenvalue weighted by molar-refractivity contribution is 0.0806. The summed E-state index contributed by atoms with van der Waals surface area (Å²) in [5, 5.41) is 10.6. The average Bonchev–Trinajstić information content (AvgIpc) is 2.70. The molecule has 3 unspecified atom stereocenters. The zero-order valence-electron chi connectivity index (χ0n) is 9.70. The van der Waals surface area contributed by atoms with Crippen LogP contribution in [0.15, 0.2) is 18.2 Å². The fraction of sp³-hybridized carbons (Fsp3) is 0.538. The van der Waals surface area contributed by atoms with E-state index in [4.69, 9.17) is 16.3 Å². The van der Waals surface area contributed by atoms with Crippen molar-refractivity contribution in [2.24, 2.45) is 5.92 Å². The van der Waals surface area contributed by atoms with E-state index in [1.54, 1.807) is 0 Å². The van der Waals surface area contributed by atoms with Crippen molar-refractivity contribution in [2.75, 3.05) is 6.61 Å². The van der Waals surface area contributed by atoms with Crippen molar-refractivity contribution in [3.8, 4) is 0 Å². The molecule has 0 radical (unpaired) electrons. The summed E-state index contributed by atoms with van der Waals surface area (Å²) in [4.78, 5) is 0. The summed E-state index contributed by atoms with van der Waals surface area (Å²) in [6.07, 6.45) is 0.878. The van der Waals surface area contributed by atoms with Crippen molar-refractivity contribution >= 4 is 11.6 Å². The second-order valence-corrected chi connectivity index (χ2v) is 5.05. The van der Waals surface area contributed by atoms with Gasteiger partial charge in [0.2, 0.25) is 0 Å². The summed E-state index contributed by atoms with van der Waals surface area (Å²) in [6, 6.07) is 4.22. The molecular weight excluding hydrogens is 243 g/mol. The van der Waals surface area contributed by atoms with Crippen LogP contribution in [0.1, 0.15) is 18.9 Å². The van der Waals surface area contributed by atoms with Gasteiger partial charge in [-0.1, -0.05) is 11.6 Å². The molecule has 1 fully saturated rings. The van der Waals surface area contributed by atoms with E-state index in [0.29, 0.717) is 23.6 Å². The van der Waals surface area contributed by atoms with Gasteiger partial charge in [-0.15, -0.1) is 0 Å². The lowest BCUT2D eigenvalue weighted by Gasteiger charge is -2.17. The Kier molecular flexibility index (Phi) is 4.02.